The topological polar surface area (TPSA) is 55.8 Å². The molecule has 0 radical (unpaired) electrons. The minimum absolute atomic E-state index is 0.0975. The SMILES string of the molecule is CCCCCOC(=O)C(C)(C)c1ccccc1N(C(=O)OCC)C1CCCCC1. The Morgan fingerprint density at radius 1 is 1.03 bits per heavy atom. The molecule has 0 aromatic heterocycles. The van der Waals surface area contributed by atoms with Gasteiger partial charge in [-0.1, -0.05) is 57.2 Å². The highest BCUT2D eigenvalue weighted by molar-refractivity contribution is 5.92. The Bertz CT molecular complexity index is 665. The van der Waals surface area contributed by atoms with Gasteiger partial charge in [0.15, 0.2) is 0 Å². The van der Waals surface area contributed by atoms with E-state index in [4.69, 9.17) is 9.47 Å². The molecule has 5 nitrogen and oxygen atoms in total. The van der Waals surface area contributed by atoms with Crippen LogP contribution < -0.4 is 4.90 Å². The normalized spacial score (nSPS) is 15.0. The van der Waals surface area contributed by atoms with Crippen LogP contribution in [-0.4, -0.2) is 31.3 Å². The van der Waals surface area contributed by atoms with E-state index in [0.717, 1.165) is 56.2 Å². The fourth-order valence-corrected chi connectivity index (χ4v) is 4.00. The van der Waals surface area contributed by atoms with Crippen molar-refractivity contribution >= 4 is 17.7 Å². The molecule has 0 atom stereocenters. The third kappa shape index (κ3) is 5.97. The van der Waals surface area contributed by atoms with E-state index in [1.165, 1.54) is 6.42 Å². The summed E-state index contributed by atoms with van der Waals surface area (Å²) >= 11 is 0. The van der Waals surface area contributed by atoms with Crippen molar-refractivity contribution in [3.63, 3.8) is 0 Å². The van der Waals surface area contributed by atoms with Crippen molar-refractivity contribution in [1.82, 2.24) is 0 Å². The number of carbonyl (C=O) groups excluding carboxylic acids is 2. The average molecular weight is 404 g/mol. The largest absolute Gasteiger partial charge is 0.465 e. The summed E-state index contributed by atoms with van der Waals surface area (Å²) < 4.78 is 11.0. The van der Waals surface area contributed by atoms with Gasteiger partial charge in [0.25, 0.3) is 0 Å². The van der Waals surface area contributed by atoms with Gasteiger partial charge in [-0.25, -0.2) is 4.79 Å². The van der Waals surface area contributed by atoms with Crippen LogP contribution in [0.3, 0.4) is 0 Å². The molecule has 1 fully saturated rings. The lowest BCUT2D eigenvalue weighted by Gasteiger charge is -2.37. The van der Waals surface area contributed by atoms with Gasteiger partial charge in [-0.3, -0.25) is 9.69 Å². The summed E-state index contributed by atoms with van der Waals surface area (Å²) in [6.45, 7) is 8.45. The van der Waals surface area contributed by atoms with Gasteiger partial charge in [-0.15, -0.1) is 0 Å². The van der Waals surface area contributed by atoms with Crippen LogP contribution in [0.1, 0.15) is 84.6 Å². The highest BCUT2D eigenvalue weighted by atomic mass is 16.6. The molecular weight excluding hydrogens is 366 g/mol. The first kappa shape index (κ1) is 23.2. The van der Waals surface area contributed by atoms with Crippen molar-refractivity contribution < 1.29 is 19.1 Å². The smallest absolute Gasteiger partial charge is 0.414 e. The number of rotatable bonds is 9. The van der Waals surface area contributed by atoms with Crippen LogP contribution in [0.4, 0.5) is 10.5 Å². The maximum atomic E-state index is 12.9. The van der Waals surface area contributed by atoms with Gasteiger partial charge in [0.05, 0.1) is 24.3 Å². The molecule has 162 valence electrons. The molecule has 1 aromatic rings. The first-order valence-corrected chi connectivity index (χ1v) is 11.2. The number of anilines is 1. The number of para-hydroxylation sites is 1. The quantitative estimate of drug-likeness (QED) is 0.375. The van der Waals surface area contributed by atoms with E-state index in [1.807, 2.05) is 45.0 Å². The maximum absolute atomic E-state index is 12.9. The van der Waals surface area contributed by atoms with E-state index >= 15 is 0 Å². The fourth-order valence-electron chi connectivity index (χ4n) is 4.00. The minimum atomic E-state index is -0.859. The standard InChI is InChI=1S/C24H37NO4/c1-5-7-13-18-29-22(26)24(3,4)20-16-11-12-17-21(20)25(23(27)28-6-2)19-14-9-8-10-15-19/h11-12,16-17,19H,5-10,13-15,18H2,1-4H3. The molecule has 5 heteroatoms. The summed E-state index contributed by atoms with van der Waals surface area (Å²) in [5, 5.41) is 0. The predicted molar refractivity (Wildman–Crippen MR) is 116 cm³/mol. The zero-order valence-electron chi connectivity index (χ0n) is 18.5. The van der Waals surface area contributed by atoms with Crippen LogP contribution in [0.25, 0.3) is 0 Å². The van der Waals surface area contributed by atoms with Gasteiger partial charge in [0.1, 0.15) is 0 Å². The monoisotopic (exact) mass is 403 g/mol. The summed E-state index contributed by atoms with van der Waals surface area (Å²) in [6, 6.07) is 7.77. The van der Waals surface area contributed by atoms with E-state index in [-0.39, 0.29) is 18.1 Å². The average Bonchev–Trinajstić information content (AvgIpc) is 2.72. The summed E-state index contributed by atoms with van der Waals surface area (Å²) in [4.78, 5) is 27.6. The summed E-state index contributed by atoms with van der Waals surface area (Å²) in [6.07, 6.45) is 7.98. The number of hydrogen-bond acceptors (Lipinski definition) is 4. The van der Waals surface area contributed by atoms with Crippen molar-refractivity contribution in [1.29, 1.82) is 0 Å². The maximum Gasteiger partial charge on any atom is 0.414 e. The van der Waals surface area contributed by atoms with Crippen LogP contribution in [0, 0.1) is 0 Å². The van der Waals surface area contributed by atoms with E-state index in [9.17, 15) is 9.59 Å². The second-order valence-electron chi connectivity index (χ2n) is 8.35. The van der Waals surface area contributed by atoms with Crippen LogP contribution in [0.15, 0.2) is 24.3 Å². The van der Waals surface area contributed by atoms with Crippen molar-refractivity contribution in [3.8, 4) is 0 Å². The van der Waals surface area contributed by atoms with E-state index in [0.29, 0.717) is 13.2 Å². The Balaban J connectivity index is 2.33. The molecule has 0 unspecified atom stereocenters. The molecule has 29 heavy (non-hydrogen) atoms. The number of nitrogens with zero attached hydrogens (tertiary/aromatic N) is 1. The Hall–Kier alpha value is -2.04. The highest BCUT2D eigenvalue weighted by Gasteiger charge is 2.38. The zero-order chi connectivity index (χ0) is 21.3. The Morgan fingerprint density at radius 2 is 1.72 bits per heavy atom. The van der Waals surface area contributed by atoms with Crippen molar-refractivity contribution in [2.24, 2.45) is 0 Å². The molecule has 0 aliphatic heterocycles. The van der Waals surface area contributed by atoms with Crippen molar-refractivity contribution in [2.45, 2.75) is 90.5 Å². The van der Waals surface area contributed by atoms with Crippen LogP contribution in [0.5, 0.6) is 0 Å². The fraction of sp³-hybridized carbons (Fsp3) is 0.667. The number of amides is 1. The Labute approximate surface area is 175 Å². The molecule has 1 amide bonds. The number of unbranched alkanes of at least 4 members (excludes halogenated alkanes) is 2. The molecule has 0 heterocycles. The number of carbonyl (C=O) groups is 2. The zero-order valence-corrected chi connectivity index (χ0v) is 18.5. The van der Waals surface area contributed by atoms with E-state index < -0.39 is 5.41 Å². The van der Waals surface area contributed by atoms with Gasteiger partial charge in [0.2, 0.25) is 0 Å². The van der Waals surface area contributed by atoms with Crippen LogP contribution in [0.2, 0.25) is 0 Å². The number of esters is 1. The van der Waals surface area contributed by atoms with Gasteiger partial charge >= 0.3 is 12.1 Å². The van der Waals surface area contributed by atoms with Gasteiger partial charge in [-0.2, -0.15) is 0 Å². The second-order valence-corrected chi connectivity index (χ2v) is 8.35. The van der Waals surface area contributed by atoms with Gasteiger partial charge in [-0.05, 0) is 51.7 Å². The van der Waals surface area contributed by atoms with Crippen molar-refractivity contribution in [3.05, 3.63) is 29.8 Å². The molecule has 1 aromatic carbocycles. The van der Waals surface area contributed by atoms with E-state index in [2.05, 4.69) is 6.92 Å². The molecule has 0 saturated heterocycles. The lowest BCUT2D eigenvalue weighted by atomic mass is 9.82. The minimum Gasteiger partial charge on any atom is -0.465 e. The van der Waals surface area contributed by atoms with Gasteiger partial charge in [0, 0.05) is 6.04 Å². The molecule has 1 saturated carbocycles. The summed E-state index contributed by atoms with van der Waals surface area (Å²) in [5.41, 5.74) is 0.704. The number of benzene rings is 1. The number of hydrogen-bond donors (Lipinski definition) is 0. The Morgan fingerprint density at radius 3 is 2.38 bits per heavy atom. The Kier molecular flexibility index (Phi) is 8.99. The van der Waals surface area contributed by atoms with Crippen molar-refractivity contribution in [2.75, 3.05) is 18.1 Å². The molecule has 2 rings (SSSR count). The molecular formula is C24H37NO4. The summed E-state index contributed by atoms with van der Waals surface area (Å²) in [5.74, 6) is -0.256. The van der Waals surface area contributed by atoms with Crippen LogP contribution >= 0.6 is 0 Å². The lowest BCUT2D eigenvalue weighted by Crippen LogP contribution is -2.44. The van der Waals surface area contributed by atoms with Gasteiger partial charge < -0.3 is 9.47 Å². The predicted octanol–water partition coefficient (Wildman–Crippen LogP) is 5.99. The lowest BCUT2D eigenvalue weighted by molar-refractivity contribution is -0.149. The molecule has 0 N–H and O–H groups in total. The second kappa shape index (κ2) is 11.2. The van der Waals surface area contributed by atoms with Crippen LogP contribution in [-0.2, 0) is 19.7 Å². The van der Waals surface area contributed by atoms with E-state index in [1.54, 1.807) is 4.90 Å². The summed E-state index contributed by atoms with van der Waals surface area (Å²) in [7, 11) is 0. The number of ether oxygens (including phenoxy) is 2. The first-order chi connectivity index (χ1) is 13.9. The molecule has 1 aliphatic rings. The third-order valence-corrected chi connectivity index (χ3v) is 5.73. The third-order valence-electron chi connectivity index (χ3n) is 5.73. The first-order valence-electron chi connectivity index (χ1n) is 11.2. The molecule has 0 bridgehead atoms. The molecule has 1 aliphatic carbocycles. The molecule has 0 spiro atoms. The highest BCUT2D eigenvalue weighted by Crippen LogP contribution is 2.37.